The van der Waals surface area contributed by atoms with Crippen LogP contribution in [0.1, 0.15) is 57.7 Å². The number of nitrogens with zero attached hydrogens (tertiary/aromatic N) is 3. The highest BCUT2D eigenvalue weighted by Gasteiger charge is 2.63. The highest BCUT2D eigenvalue weighted by molar-refractivity contribution is 8.16. The molecule has 0 saturated carbocycles. The van der Waals surface area contributed by atoms with Crippen molar-refractivity contribution in [1.82, 2.24) is 9.80 Å². The summed E-state index contributed by atoms with van der Waals surface area (Å²) >= 11 is 13.9. The Morgan fingerprint density at radius 2 is 1.65 bits per heavy atom. The van der Waals surface area contributed by atoms with E-state index in [4.69, 9.17) is 28.2 Å². The number of hydrogen-bond donors (Lipinski definition) is 1. The molecule has 5 rings (SSSR count). The van der Waals surface area contributed by atoms with Crippen LogP contribution in [0.2, 0.25) is 10.0 Å². The summed E-state index contributed by atoms with van der Waals surface area (Å²) in [5, 5.41) is 11.9. The molecule has 2 aromatic rings. The number of likely N-dealkylation sites (tertiary alicyclic amines) is 1. The van der Waals surface area contributed by atoms with E-state index in [2.05, 4.69) is 25.7 Å². The number of carboxylic acid groups (broad SMARTS) is 1. The molecule has 2 saturated heterocycles. The van der Waals surface area contributed by atoms with Crippen LogP contribution < -0.4 is 0 Å². The molecule has 1 amide bonds. The summed E-state index contributed by atoms with van der Waals surface area (Å²) in [6.07, 6.45) is 1.18. The normalized spacial score (nSPS) is 31.1. The minimum Gasteiger partial charge on any atom is -0.480 e. The first-order chi connectivity index (χ1) is 17.5. The number of benzene rings is 2. The molecule has 1 N–H and O–H groups in total. The standard InChI is InChI=1S/C28H31Cl2N3O3S/c1-16(2)22-28(4,25(36)32-15-5-6-21(32)24(34)35)37-26-31-27(3,18-9-13-20(30)14-10-18)23(33(22)26)17-7-11-19(29)12-8-17/h7-14,16,21-23H,5-6,15H2,1-4H3,(H,34,35)/t21-,22?,23+,27-,28-/m0/s1. The van der Waals surface area contributed by atoms with Crippen molar-refractivity contribution in [1.29, 1.82) is 0 Å². The Morgan fingerprint density at radius 1 is 1.05 bits per heavy atom. The Kier molecular flexibility index (Phi) is 6.78. The zero-order valence-electron chi connectivity index (χ0n) is 21.3. The first-order valence-corrected chi connectivity index (χ1v) is 14.2. The van der Waals surface area contributed by atoms with E-state index in [1.807, 2.05) is 55.5 Å². The molecular weight excluding hydrogens is 529 g/mol. The number of hydrogen-bond acceptors (Lipinski definition) is 5. The van der Waals surface area contributed by atoms with Gasteiger partial charge in [0.05, 0.1) is 12.1 Å². The summed E-state index contributed by atoms with van der Waals surface area (Å²) in [5.41, 5.74) is 1.45. The van der Waals surface area contributed by atoms with E-state index in [1.54, 1.807) is 4.90 Å². The SMILES string of the molecule is CC(C)C1N2C(=N[C@@](C)(c3ccc(Cl)cc3)[C@H]2c2ccc(Cl)cc2)S[C@]1(C)C(=O)N1CCC[C@H]1C(=O)O. The van der Waals surface area contributed by atoms with Gasteiger partial charge in [0.2, 0.25) is 5.91 Å². The number of aliphatic carboxylic acids is 1. The van der Waals surface area contributed by atoms with E-state index < -0.39 is 22.3 Å². The fourth-order valence-electron chi connectivity index (χ4n) is 6.39. The average Bonchev–Trinajstić information content (AvgIpc) is 3.51. The van der Waals surface area contributed by atoms with Crippen LogP contribution in [0.4, 0.5) is 0 Å². The van der Waals surface area contributed by atoms with Gasteiger partial charge in [0, 0.05) is 16.6 Å². The predicted molar refractivity (Wildman–Crippen MR) is 149 cm³/mol. The molecule has 2 aromatic carbocycles. The number of halogens is 2. The molecule has 6 nitrogen and oxygen atoms in total. The molecule has 5 atom stereocenters. The minimum absolute atomic E-state index is 0.0994. The van der Waals surface area contributed by atoms with Crippen molar-refractivity contribution in [3.05, 3.63) is 69.7 Å². The average molecular weight is 561 g/mol. The molecule has 2 fully saturated rings. The second-order valence-electron chi connectivity index (χ2n) is 10.8. The van der Waals surface area contributed by atoms with Gasteiger partial charge in [0.25, 0.3) is 0 Å². The largest absolute Gasteiger partial charge is 0.480 e. The smallest absolute Gasteiger partial charge is 0.326 e. The van der Waals surface area contributed by atoms with E-state index in [9.17, 15) is 14.7 Å². The van der Waals surface area contributed by atoms with Crippen LogP contribution in [0.5, 0.6) is 0 Å². The van der Waals surface area contributed by atoms with Gasteiger partial charge in [0.15, 0.2) is 5.17 Å². The Hall–Kier alpha value is -2.22. The lowest BCUT2D eigenvalue weighted by Crippen LogP contribution is -2.58. The van der Waals surface area contributed by atoms with Gasteiger partial charge in [-0.25, -0.2) is 9.79 Å². The Bertz CT molecular complexity index is 1250. The van der Waals surface area contributed by atoms with E-state index in [-0.39, 0.29) is 23.9 Å². The van der Waals surface area contributed by atoms with Gasteiger partial charge in [-0.2, -0.15) is 0 Å². The fraction of sp³-hybridized carbons (Fsp3) is 0.464. The first kappa shape index (κ1) is 26.4. The maximum absolute atomic E-state index is 14.1. The summed E-state index contributed by atoms with van der Waals surface area (Å²) in [6, 6.07) is 14.4. The number of carboxylic acids is 1. The second kappa shape index (κ2) is 9.51. The predicted octanol–water partition coefficient (Wildman–Crippen LogP) is 6.23. The van der Waals surface area contributed by atoms with Crippen LogP contribution >= 0.6 is 35.0 Å². The maximum Gasteiger partial charge on any atom is 0.326 e. The molecule has 3 aliphatic heterocycles. The summed E-state index contributed by atoms with van der Waals surface area (Å²) in [4.78, 5) is 35.2. The number of thioether (sulfide) groups is 1. The zero-order valence-corrected chi connectivity index (χ0v) is 23.6. The molecular formula is C28H31Cl2N3O3S. The molecule has 1 unspecified atom stereocenters. The monoisotopic (exact) mass is 559 g/mol. The topological polar surface area (TPSA) is 73.2 Å². The van der Waals surface area contributed by atoms with E-state index >= 15 is 0 Å². The number of amidine groups is 1. The van der Waals surface area contributed by atoms with E-state index in [1.165, 1.54) is 11.8 Å². The quantitative estimate of drug-likeness (QED) is 0.470. The van der Waals surface area contributed by atoms with Gasteiger partial charge in [-0.1, -0.05) is 73.1 Å². The lowest BCUT2D eigenvalue weighted by atomic mass is 9.79. The zero-order chi connectivity index (χ0) is 26.7. The molecule has 9 heteroatoms. The molecule has 37 heavy (non-hydrogen) atoms. The van der Waals surface area contributed by atoms with Gasteiger partial charge < -0.3 is 14.9 Å². The number of aliphatic imine (C=N–C) groups is 1. The molecule has 196 valence electrons. The summed E-state index contributed by atoms with van der Waals surface area (Å²) in [5.74, 6) is -0.964. The molecule has 3 aliphatic rings. The van der Waals surface area contributed by atoms with E-state index in [0.29, 0.717) is 29.4 Å². The minimum atomic E-state index is -0.939. The summed E-state index contributed by atoms with van der Waals surface area (Å²) in [7, 11) is 0. The van der Waals surface area contributed by atoms with Crippen molar-refractivity contribution in [2.75, 3.05) is 6.54 Å². The third-order valence-corrected chi connectivity index (χ3v) is 9.82. The van der Waals surface area contributed by atoms with Gasteiger partial charge in [-0.05, 0) is 68.0 Å². The number of fused-ring (bicyclic) bond motifs is 1. The van der Waals surface area contributed by atoms with Crippen LogP contribution in [0.3, 0.4) is 0 Å². The lowest BCUT2D eigenvalue weighted by molar-refractivity contribution is -0.149. The number of amides is 1. The first-order valence-electron chi connectivity index (χ1n) is 12.6. The van der Waals surface area contributed by atoms with Crippen molar-refractivity contribution in [3.8, 4) is 0 Å². The van der Waals surface area contributed by atoms with Crippen LogP contribution in [0.15, 0.2) is 53.5 Å². The van der Waals surface area contributed by atoms with Crippen LogP contribution in [-0.4, -0.2) is 55.3 Å². The highest BCUT2D eigenvalue weighted by Crippen LogP contribution is 2.58. The third-order valence-electron chi connectivity index (χ3n) is 8.00. The van der Waals surface area contributed by atoms with Crippen molar-refractivity contribution >= 4 is 52.0 Å². The van der Waals surface area contributed by atoms with Crippen molar-refractivity contribution in [2.45, 2.75) is 68.9 Å². The van der Waals surface area contributed by atoms with Crippen molar-refractivity contribution in [2.24, 2.45) is 10.9 Å². The molecule has 0 spiro atoms. The van der Waals surface area contributed by atoms with Crippen LogP contribution in [0.25, 0.3) is 0 Å². The molecule has 0 aliphatic carbocycles. The number of rotatable bonds is 5. The fourth-order valence-corrected chi connectivity index (χ4v) is 8.29. The Labute approximate surface area is 232 Å². The van der Waals surface area contributed by atoms with Gasteiger partial charge in [0.1, 0.15) is 16.3 Å². The third kappa shape index (κ3) is 4.23. The number of carbonyl (C=O) groups is 2. The van der Waals surface area contributed by atoms with Gasteiger partial charge in [-0.3, -0.25) is 4.79 Å². The Morgan fingerprint density at radius 3 is 2.22 bits per heavy atom. The molecule has 0 radical (unpaired) electrons. The molecule has 3 heterocycles. The molecule has 0 aromatic heterocycles. The second-order valence-corrected chi connectivity index (χ2v) is 13.1. The molecule has 0 bridgehead atoms. The van der Waals surface area contributed by atoms with Crippen molar-refractivity contribution < 1.29 is 14.7 Å². The Balaban J connectivity index is 1.63. The van der Waals surface area contributed by atoms with Crippen LogP contribution in [-0.2, 0) is 15.1 Å². The van der Waals surface area contributed by atoms with Gasteiger partial charge >= 0.3 is 5.97 Å². The van der Waals surface area contributed by atoms with E-state index in [0.717, 1.165) is 16.3 Å². The summed E-state index contributed by atoms with van der Waals surface area (Å²) in [6.45, 7) is 8.79. The lowest BCUT2D eigenvalue weighted by Gasteiger charge is -2.44. The van der Waals surface area contributed by atoms with Crippen molar-refractivity contribution in [3.63, 3.8) is 0 Å². The highest BCUT2D eigenvalue weighted by atomic mass is 35.5. The van der Waals surface area contributed by atoms with Gasteiger partial charge in [-0.15, -0.1) is 0 Å². The summed E-state index contributed by atoms with van der Waals surface area (Å²) < 4.78 is -0.878. The number of carbonyl (C=O) groups excluding carboxylic acids is 1. The maximum atomic E-state index is 14.1. The van der Waals surface area contributed by atoms with Crippen LogP contribution in [0, 0.1) is 5.92 Å².